The van der Waals surface area contributed by atoms with E-state index in [0.717, 1.165) is 26.7 Å². The number of benzene rings is 3. The number of para-hydroxylation sites is 1. The fourth-order valence-corrected chi connectivity index (χ4v) is 3.16. The van der Waals surface area contributed by atoms with Gasteiger partial charge in [-0.15, -0.1) is 0 Å². The van der Waals surface area contributed by atoms with Gasteiger partial charge in [-0.1, -0.05) is 64.0 Å². The molecule has 0 saturated heterocycles. The Kier molecular flexibility index (Phi) is 7.19. The van der Waals surface area contributed by atoms with Crippen LogP contribution in [0.25, 0.3) is 0 Å². The van der Waals surface area contributed by atoms with Crippen LogP contribution in [0.4, 0.5) is 0 Å². The van der Waals surface area contributed by atoms with Gasteiger partial charge < -0.3 is 4.74 Å². The van der Waals surface area contributed by atoms with Gasteiger partial charge in [0.1, 0.15) is 12.4 Å². The van der Waals surface area contributed by atoms with E-state index in [4.69, 9.17) is 4.74 Å². The van der Waals surface area contributed by atoms with Gasteiger partial charge in [-0.3, -0.25) is 4.79 Å². The van der Waals surface area contributed by atoms with Crippen molar-refractivity contribution >= 4 is 28.1 Å². The Balaban J connectivity index is 1.58. The lowest BCUT2D eigenvalue weighted by Gasteiger charge is -2.09. The molecule has 0 bridgehead atoms. The van der Waals surface area contributed by atoms with Gasteiger partial charge in [-0.2, -0.15) is 5.10 Å². The molecule has 4 nitrogen and oxygen atoms in total. The number of hydrogen-bond acceptors (Lipinski definition) is 3. The lowest BCUT2D eigenvalue weighted by molar-refractivity contribution is -0.120. The largest absolute Gasteiger partial charge is 0.488 e. The lowest BCUT2D eigenvalue weighted by atomic mass is 10.0. The molecule has 0 aliphatic carbocycles. The smallest absolute Gasteiger partial charge is 0.244 e. The molecule has 0 radical (unpaired) electrons. The van der Waals surface area contributed by atoms with E-state index in [-0.39, 0.29) is 5.91 Å². The summed E-state index contributed by atoms with van der Waals surface area (Å²) in [6.45, 7) is 4.51. The summed E-state index contributed by atoms with van der Waals surface area (Å²) in [7, 11) is 0. The number of carbonyl (C=O) groups excluding carboxylic acids is 1. The summed E-state index contributed by atoms with van der Waals surface area (Å²) in [4.78, 5) is 12.2. The van der Waals surface area contributed by atoms with Crippen molar-refractivity contribution in [2.75, 3.05) is 0 Å². The molecular formula is C24H23BrN2O2. The van der Waals surface area contributed by atoms with Crippen molar-refractivity contribution in [2.24, 2.45) is 5.10 Å². The molecule has 1 amide bonds. The van der Waals surface area contributed by atoms with Crippen LogP contribution in [0.2, 0.25) is 0 Å². The minimum Gasteiger partial charge on any atom is -0.488 e. The zero-order valence-electron chi connectivity index (χ0n) is 16.5. The minimum absolute atomic E-state index is 0.151. The third kappa shape index (κ3) is 6.29. The number of nitrogens with one attached hydrogen (secondary N) is 1. The van der Waals surface area contributed by atoms with Crippen LogP contribution in [0, 0.1) is 13.8 Å². The summed E-state index contributed by atoms with van der Waals surface area (Å²) in [6.07, 6.45) is 1.90. The first-order valence-corrected chi connectivity index (χ1v) is 10.1. The average molecular weight is 451 g/mol. The number of rotatable bonds is 7. The quantitative estimate of drug-likeness (QED) is 0.390. The van der Waals surface area contributed by atoms with E-state index >= 15 is 0 Å². The zero-order chi connectivity index (χ0) is 20.6. The number of carbonyl (C=O) groups is 1. The van der Waals surface area contributed by atoms with Crippen LogP contribution in [-0.4, -0.2) is 12.1 Å². The highest BCUT2D eigenvalue weighted by Gasteiger charge is 2.06. The van der Waals surface area contributed by atoms with Crippen molar-refractivity contribution < 1.29 is 9.53 Å². The second-order valence-corrected chi connectivity index (χ2v) is 7.77. The van der Waals surface area contributed by atoms with Gasteiger partial charge in [0.2, 0.25) is 5.91 Å². The van der Waals surface area contributed by atoms with Gasteiger partial charge in [0, 0.05) is 10.0 Å². The number of hydrogen-bond donors (Lipinski definition) is 1. The molecule has 3 aromatic rings. The normalized spacial score (nSPS) is 10.9. The Morgan fingerprint density at radius 1 is 1.07 bits per heavy atom. The van der Waals surface area contributed by atoms with E-state index in [1.807, 2.05) is 74.5 Å². The highest BCUT2D eigenvalue weighted by atomic mass is 79.9. The highest BCUT2D eigenvalue weighted by molar-refractivity contribution is 9.10. The number of halogens is 1. The number of hydrazone groups is 1. The third-order valence-electron chi connectivity index (χ3n) is 4.47. The molecule has 5 heteroatoms. The highest BCUT2D eigenvalue weighted by Crippen LogP contribution is 2.18. The summed E-state index contributed by atoms with van der Waals surface area (Å²) in [5.74, 6) is 0.560. The Labute approximate surface area is 179 Å². The second-order valence-electron chi connectivity index (χ2n) is 6.85. The summed E-state index contributed by atoms with van der Waals surface area (Å²) in [5, 5.41) is 4.10. The van der Waals surface area contributed by atoms with E-state index in [9.17, 15) is 4.79 Å². The predicted molar refractivity (Wildman–Crippen MR) is 120 cm³/mol. The Morgan fingerprint density at radius 3 is 2.59 bits per heavy atom. The third-order valence-corrected chi connectivity index (χ3v) is 5.00. The molecule has 0 aliphatic heterocycles. The van der Waals surface area contributed by atoms with Crippen LogP contribution in [-0.2, 0) is 17.8 Å². The van der Waals surface area contributed by atoms with Crippen molar-refractivity contribution in [1.29, 1.82) is 0 Å². The van der Waals surface area contributed by atoms with Crippen LogP contribution >= 0.6 is 15.9 Å². The van der Waals surface area contributed by atoms with E-state index in [2.05, 4.69) is 32.5 Å². The summed E-state index contributed by atoms with van der Waals surface area (Å²) in [6, 6.07) is 21.7. The van der Waals surface area contributed by atoms with Crippen LogP contribution in [0.5, 0.6) is 5.75 Å². The van der Waals surface area contributed by atoms with Crippen LogP contribution in [0.15, 0.2) is 76.3 Å². The molecule has 0 heterocycles. The molecule has 0 aromatic heterocycles. The SMILES string of the molecule is Cc1ccc(CC(=O)N/N=C/c2ccccc2OCc2ccc(Br)cc2)c(C)c1. The molecule has 0 spiro atoms. The lowest BCUT2D eigenvalue weighted by Crippen LogP contribution is -2.20. The number of nitrogens with zero attached hydrogens (tertiary/aromatic N) is 1. The molecule has 0 fully saturated rings. The summed E-state index contributed by atoms with van der Waals surface area (Å²) >= 11 is 3.43. The van der Waals surface area contributed by atoms with Crippen molar-refractivity contribution in [1.82, 2.24) is 5.43 Å². The van der Waals surface area contributed by atoms with Gasteiger partial charge >= 0.3 is 0 Å². The topological polar surface area (TPSA) is 50.7 Å². The molecule has 0 saturated carbocycles. The van der Waals surface area contributed by atoms with Crippen LogP contribution < -0.4 is 10.2 Å². The molecule has 1 N–H and O–H groups in total. The number of amides is 1. The minimum atomic E-state index is -0.151. The van der Waals surface area contributed by atoms with Gasteiger partial charge in [0.05, 0.1) is 12.6 Å². The Bertz CT molecular complexity index is 1010. The fraction of sp³-hybridized carbons (Fsp3) is 0.167. The molecule has 148 valence electrons. The van der Waals surface area contributed by atoms with Crippen molar-refractivity contribution in [2.45, 2.75) is 26.9 Å². The van der Waals surface area contributed by atoms with E-state index in [0.29, 0.717) is 18.8 Å². The standard InChI is InChI=1S/C24H23BrN2O2/c1-17-7-10-20(18(2)13-17)14-24(28)27-26-15-21-5-3-4-6-23(21)29-16-19-8-11-22(25)12-9-19/h3-13,15H,14,16H2,1-2H3,(H,27,28)/b26-15+. The average Bonchev–Trinajstić information content (AvgIpc) is 2.70. The van der Waals surface area contributed by atoms with Gasteiger partial charge in [-0.05, 0) is 54.8 Å². The number of ether oxygens (including phenoxy) is 1. The predicted octanol–water partition coefficient (Wildman–Crippen LogP) is 5.34. The molecule has 29 heavy (non-hydrogen) atoms. The number of aryl methyl sites for hydroxylation is 2. The van der Waals surface area contributed by atoms with Crippen molar-refractivity contribution in [3.05, 3.63) is 99.0 Å². The van der Waals surface area contributed by atoms with Gasteiger partial charge in [-0.25, -0.2) is 5.43 Å². The maximum Gasteiger partial charge on any atom is 0.244 e. The fourth-order valence-electron chi connectivity index (χ4n) is 2.89. The van der Waals surface area contributed by atoms with E-state index in [1.54, 1.807) is 6.21 Å². The van der Waals surface area contributed by atoms with Gasteiger partial charge in [0.15, 0.2) is 0 Å². The molecule has 0 unspecified atom stereocenters. The van der Waals surface area contributed by atoms with Crippen molar-refractivity contribution in [3.63, 3.8) is 0 Å². The maximum atomic E-state index is 12.2. The Hall–Kier alpha value is -2.92. The van der Waals surface area contributed by atoms with Crippen molar-refractivity contribution in [3.8, 4) is 5.75 Å². The van der Waals surface area contributed by atoms with Crippen LogP contribution in [0.3, 0.4) is 0 Å². The zero-order valence-corrected chi connectivity index (χ0v) is 18.1. The molecule has 3 aromatic carbocycles. The molecule has 0 atom stereocenters. The maximum absolute atomic E-state index is 12.2. The van der Waals surface area contributed by atoms with Gasteiger partial charge in [0.25, 0.3) is 0 Å². The van der Waals surface area contributed by atoms with E-state index < -0.39 is 0 Å². The monoisotopic (exact) mass is 450 g/mol. The van der Waals surface area contributed by atoms with E-state index in [1.165, 1.54) is 5.56 Å². The summed E-state index contributed by atoms with van der Waals surface area (Å²) < 4.78 is 6.96. The van der Waals surface area contributed by atoms with Crippen LogP contribution in [0.1, 0.15) is 27.8 Å². The summed E-state index contributed by atoms with van der Waals surface area (Å²) in [5.41, 5.74) is 7.77. The molecular weight excluding hydrogens is 428 g/mol. The second kappa shape index (κ2) is 10.0. The first kappa shape index (κ1) is 20.8. The molecule has 0 aliphatic rings. The molecule has 3 rings (SSSR count). The first-order chi connectivity index (χ1) is 14.0. The Morgan fingerprint density at radius 2 is 1.83 bits per heavy atom. The first-order valence-electron chi connectivity index (χ1n) is 9.35.